The third kappa shape index (κ3) is 4.93. The minimum absolute atomic E-state index is 0.101. The Balaban J connectivity index is 1.64. The molecule has 1 atom stereocenters. The number of aromatic amines is 1. The number of rotatable bonds is 8. The van der Waals surface area contributed by atoms with E-state index in [9.17, 15) is 14.7 Å². The predicted molar refractivity (Wildman–Crippen MR) is 127 cm³/mol. The molecule has 7 nitrogen and oxygen atoms in total. The molecule has 0 saturated heterocycles. The lowest BCUT2D eigenvalue weighted by molar-refractivity contribution is -0.138. The Morgan fingerprint density at radius 3 is 2.36 bits per heavy atom. The molecule has 1 amide bonds. The number of carbonyl (C=O) groups excluding carboxylic acids is 1. The summed E-state index contributed by atoms with van der Waals surface area (Å²) >= 11 is 0. The van der Waals surface area contributed by atoms with Crippen molar-refractivity contribution in [3.8, 4) is 5.75 Å². The van der Waals surface area contributed by atoms with Crippen molar-refractivity contribution in [1.29, 1.82) is 0 Å². The summed E-state index contributed by atoms with van der Waals surface area (Å²) in [6, 6.07) is 23.4. The number of ether oxygens (including phenoxy) is 1. The average molecular weight is 441 g/mol. The first-order chi connectivity index (χ1) is 16.1. The number of hydrogen-bond donors (Lipinski definition) is 3. The van der Waals surface area contributed by atoms with E-state index in [4.69, 9.17) is 4.74 Å². The number of aromatic nitrogens is 1. The number of hydrogen-bond acceptors (Lipinski definition) is 4. The second-order valence-electron chi connectivity index (χ2n) is 7.48. The number of carboxylic acid groups (broad SMARTS) is 1. The lowest BCUT2D eigenvalue weighted by atomic mass is 9.91. The predicted octanol–water partition coefficient (Wildman–Crippen LogP) is 4.57. The van der Waals surface area contributed by atoms with Gasteiger partial charge in [-0.2, -0.15) is 5.10 Å². The first-order valence-corrected chi connectivity index (χ1v) is 10.4. The van der Waals surface area contributed by atoms with Crippen LogP contribution in [0, 0.1) is 0 Å². The van der Waals surface area contributed by atoms with Crippen LogP contribution in [0.15, 0.2) is 90.2 Å². The molecule has 0 spiro atoms. The number of carbonyl (C=O) groups is 2. The van der Waals surface area contributed by atoms with Crippen LogP contribution in [0.1, 0.15) is 33.8 Å². The maximum absolute atomic E-state index is 12.6. The van der Waals surface area contributed by atoms with E-state index in [1.54, 1.807) is 37.6 Å². The number of amides is 1. The SMILES string of the molecule is COc1ccc(C(=O)N/N=C(/CC(C(=O)O)c2c[nH]c3ccccc23)c2ccccc2)cc1. The van der Waals surface area contributed by atoms with Crippen molar-refractivity contribution in [2.24, 2.45) is 5.10 Å². The molecule has 0 aliphatic carbocycles. The maximum atomic E-state index is 12.6. The van der Waals surface area contributed by atoms with Crippen LogP contribution in [-0.4, -0.2) is 34.8 Å². The van der Waals surface area contributed by atoms with Gasteiger partial charge in [0.2, 0.25) is 0 Å². The van der Waals surface area contributed by atoms with Crippen LogP contribution in [0.4, 0.5) is 0 Å². The third-order valence-corrected chi connectivity index (χ3v) is 5.44. The fourth-order valence-corrected chi connectivity index (χ4v) is 3.69. The van der Waals surface area contributed by atoms with E-state index >= 15 is 0 Å². The van der Waals surface area contributed by atoms with Gasteiger partial charge < -0.3 is 14.8 Å². The molecule has 1 aromatic heterocycles. The molecule has 3 N–H and O–H groups in total. The fourth-order valence-electron chi connectivity index (χ4n) is 3.69. The fraction of sp³-hybridized carbons (Fsp3) is 0.115. The van der Waals surface area contributed by atoms with Crippen LogP contribution in [0.3, 0.4) is 0 Å². The molecule has 7 heteroatoms. The number of nitrogens with one attached hydrogen (secondary N) is 2. The summed E-state index contributed by atoms with van der Waals surface area (Å²) in [5.41, 5.74) is 5.72. The second-order valence-corrected chi connectivity index (χ2v) is 7.48. The van der Waals surface area contributed by atoms with Gasteiger partial charge in [-0.1, -0.05) is 48.5 Å². The average Bonchev–Trinajstić information content (AvgIpc) is 3.28. The summed E-state index contributed by atoms with van der Waals surface area (Å²) < 4.78 is 5.12. The molecule has 0 bridgehead atoms. The quantitative estimate of drug-likeness (QED) is 0.275. The lowest BCUT2D eigenvalue weighted by Crippen LogP contribution is -2.23. The van der Waals surface area contributed by atoms with E-state index in [0.717, 1.165) is 16.5 Å². The van der Waals surface area contributed by atoms with E-state index in [1.807, 2.05) is 54.6 Å². The number of carboxylic acids is 1. The lowest BCUT2D eigenvalue weighted by Gasteiger charge is -2.14. The highest BCUT2D eigenvalue weighted by Gasteiger charge is 2.26. The van der Waals surface area contributed by atoms with Crippen molar-refractivity contribution in [3.05, 3.63) is 102 Å². The van der Waals surface area contributed by atoms with Gasteiger partial charge in [0.1, 0.15) is 5.75 Å². The summed E-state index contributed by atoms with van der Waals surface area (Å²) in [6.07, 6.45) is 1.83. The normalized spacial score (nSPS) is 12.3. The Kier molecular flexibility index (Phi) is 6.50. The molecule has 1 unspecified atom stereocenters. The Labute approximate surface area is 190 Å². The second kappa shape index (κ2) is 9.82. The Hall–Kier alpha value is -4.39. The van der Waals surface area contributed by atoms with Gasteiger partial charge in [-0.05, 0) is 41.5 Å². The largest absolute Gasteiger partial charge is 0.497 e. The molecule has 1 heterocycles. The number of aliphatic carboxylic acids is 1. The van der Waals surface area contributed by atoms with Gasteiger partial charge in [-0.3, -0.25) is 9.59 Å². The first-order valence-electron chi connectivity index (χ1n) is 10.4. The number of para-hydroxylation sites is 1. The molecule has 4 rings (SSSR count). The molecule has 0 aliphatic rings. The van der Waals surface area contributed by atoms with Crippen molar-refractivity contribution in [2.75, 3.05) is 7.11 Å². The molecule has 0 aliphatic heterocycles. The summed E-state index contributed by atoms with van der Waals surface area (Å²) in [5.74, 6) is -1.57. The highest BCUT2D eigenvalue weighted by molar-refractivity contribution is 6.05. The van der Waals surface area contributed by atoms with Crippen LogP contribution in [0.25, 0.3) is 10.9 Å². The number of hydrazone groups is 1. The molecule has 4 aromatic rings. The maximum Gasteiger partial charge on any atom is 0.311 e. The zero-order chi connectivity index (χ0) is 23.2. The molecule has 166 valence electrons. The van der Waals surface area contributed by atoms with E-state index in [0.29, 0.717) is 22.6 Å². The Morgan fingerprint density at radius 1 is 0.970 bits per heavy atom. The highest BCUT2D eigenvalue weighted by atomic mass is 16.5. The summed E-state index contributed by atoms with van der Waals surface area (Å²) in [6.45, 7) is 0. The van der Waals surface area contributed by atoms with E-state index in [2.05, 4.69) is 15.5 Å². The van der Waals surface area contributed by atoms with Gasteiger partial charge >= 0.3 is 5.97 Å². The summed E-state index contributed by atoms with van der Waals surface area (Å²) in [5, 5.41) is 15.2. The number of fused-ring (bicyclic) bond motifs is 1. The number of nitrogens with zero attached hydrogens (tertiary/aromatic N) is 1. The zero-order valence-electron chi connectivity index (χ0n) is 18.0. The molecular weight excluding hydrogens is 418 g/mol. The van der Waals surface area contributed by atoms with Crippen LogP contribution >= 0.6 is 0 Å². The molecule has 0 fully saturated rings. The number of benzene rings is 3. The number of methoxy groups -OCH3 is 1. The van der Waals surface area contributed by atoms with Crippen LogP contribution < -0.4 is 10.2 Å². The minimum atomic E-state index is -0.968. The van der Waals surface area contributed by atoms with Crippen molar-refractivity contribution >= 4 is 28.5 Å². The molecule has 33 heavy (non-hydrogen) atoms. The van der Waals surface area contributed by atoms with Crippen molar-refractivity contribution in [2.45, 2.75) is 12.3 Å². The summed E-state index contributed by atoms with van der Waals surface area (Å²) in [4.78, 5) is 28.0. The van der Waals surface area contributed by atoms with Gasteiger partial charge in [0.05, 0.1) is 18.7 Å². The highest BCUT2D eigenvalue weighted by Crippen LogP contribution is 2.29. The van der Waals surface area contributed by atoms with Crippen LogP contribution in [0.2, 0.25) is 0 Å². The van der Waals surface area contributed by atoms with Gasteiger partial charge in [-0.25, -0.2) is 5.43 Å². The Bertz CT molecular complexity index is 1290. The van der Waals surface area contributed by atoms with E-state index in [1.165, 1.54) is 0 Å². The molecule has 3 aromatic carbocycles. The molecular formula is C26H23N3O4. The van der Waals surface area contributed by atoms with E-state index in [-0.39, 0.29) is 6.42 Å². The topological polar surface area (TPSA) is 104 Å². The summed E-state index contributed by atoms with van der Waals surface area (Å²) in [7, 11) is 1.55. The van der Waals surface area contributed by atoms with Gasteiger partial charge in [0.15, 0.2) is 0 Å². The van der Waals surface area contributed by atoms with Crippen LogP contribution in [-0.2, 0) is 4.79 Å². The van der Waals surface area contributed by atoms with Gasteiger partial charge in [0, 0.05) is 29.1 Å². The number of H-pyrrole nitrogens is 1. The van der Waals surface area contributed by atoms with E-state index < -0.39 is 17.8 Å². The van der Waals surface area contributed by atoms with Gasteiger partial charge in [0.25, 0.3) is 5.91 Å². The monoisotopic (exact) mass is 441 g/mol. The smallest absolute Gasteiger partial charge is 0.311 e. The third-order valence-electron chi connectivity index (χ3n) is 5.44. The van der Waals surface area contributed by atoms with Crippen molar-refractivity contribution in [1.82, 2.24) is 10.4 Å². The minimum Gasteiger partial charge on any atom is -0.497 e. The Morgan fingerprint density at radius 2 is 1.67 bits per heavy atom. The van der Waals surface area contributed by atoms with Crippen molar-refractivity contribution < 1.29 is 19.4 Å². The standard InChI is InChI=1S/C26H23N3O4/c1-33-19-13-11-18(12-14-19)25(30)29-28-24(17-7-3-2-4-8-17)15-21(26(31)32)22-16-27-23-10-6-5-9-20(22)23/h2-14,16,21,27H,15H2,1H3,(H,29,30)(H,31,32)/b28-24-. The van der Waals surface area contributed by atoms with Crippen LogP contribution in [0.5, 0.6) is 5.75 Å². The van der Waals surface area contributed by atoms with Gasteiger partial charge in [-0.15, -0.1) is 0 Å². The molecule has 0 radical (unpaired) electrons. The zero-order valence-corrected chi connectivity index (χ0v) is 18.0. The molecule has 0 saturated carbocycles. The van der Waals surface area contributed by atoms with Crippen molar-refractivity contribution in [3.63, 3.8) is 0 Å². The first kappa shape index (κ1) is 21.8.